The molecule has 0 aliphatic carbocycles. The number of benzene rings is 1. The van der Waals surface area contributed by atoms with Gasteiger partial charge in [-0.25, -0.2) is 4.79 Å². The molecular formula is C19H31ClN4O2. The molecule has 1 aliphatic heterocycles. The Morgan fingerprint density at radius 3 is 2.54 bits per heavy atom. The number of carbonyl (C=O) groups excluding carboxylic acids is 2. The number of hydrogen-bond donors (Lipinski definition) is 3. The molecule has 3 N–H and O–H groups in total. The number of hydrogen-bond acceptors (Lipinski definition) is 3. The molecule has 2 atom stereocenters. The zero-order valence-corrected chi connectivity index (χ0v) is 16.6. The SMILES string of the molecule is CNC1CCCN(C(=O)C(NC(=O)NCc2ccccc2)C(C)C)C1.Cl. The average molecular weight is 383 g/mol. The first-order valence-electron chi connectivity index (χ1n) is 9.05. The summed E-state index contributed by atoms with van der Waals surface area (Å²) in [6, 6.07) is 9.23. The van der Waals surface area contributed by atoms with Gasteiger partial charge in [0.15, 0.2) is 0 Å². The number of urea groups is 1. The summed E-state index contributed by atoms with van der Waals surface area (Å²) in [5, 5.41) is 8.93. The number of amides is 3. The zero-order valence-electron chi connectivity index (χ0n) is 15.8. The van der Waals surface area contributed by atoms with Crippen LogP contribution in [0.4, 0.5) is 4.79 Å². The van der Waals surface area contributed by atoms with E-state index in [1.54, 1.807) is 0 Å². The number of piperidine rings is 1. The van der Waals surface area contributed by atoms with Gasteiger partial charge < -0.3 is 20.9 Å². The van der Waals surface area contributed by atoms with Gasteiger partial charge in [0.05, 0.1) is 0 Å². The summed E-state index contributed by atoms with van der Waals surface area (Å²) < 4.78 is 0. The van der Waals surface area contributed by atoms with Gasteiger partial charge in [-0.1, -0.05) is 44.2 Å². The zero-order chi connectivity index (χ0) is 18.2. The normalized spacial score (nSPS) is 18.0. The minimum Gasteiger partial charge on any atom is -0.339 e. The molecule has 1 aromatic rings. The van der Waals surface area contributed by atoms with E-state index in [0.29, 0.717) is 19.1 Å². The van der Waals surface area contributed by atoms with Gasteiger partial charge in [0.1, 0.15) is 6.04 Å². The molecule has 1 aromatic carbocycles. The molecule has 26 heavy (non-hydrogen) atoms. The van der Waals surface area contributed by atoms with E-state index in [-0.39, 0.29) is 30.3 Å². The molecule has 2 unspecified atom stereocenters. The summed E-state index contributed by atoms with van der Waals surface area (Å²) in [6.07, 6.45) is 2.07. The molecule has 0 spiro atoms. The van der Waals surface area contributed by atoms with Crippen molar-refractivity contribution in [1.29, 1.82) is 0 Å². The van der Waals surface area contributed by atoms with E-state index >= 15 is 0 Å². The van der Waals surface area contributed by atoms with Crippen LogP contribution in [0.1, 0.15) is 32.3 Å². The van der Waals surface area contributed by atoms with Crippen molar-refractivity contribution in [3.63, 3.8) is 0 Å². The number of rotatable bonds is 6. The monoisotopic (exact) mass is 382 g/mol. The van der Waals surface area contributed by atoms with Crippen molar-refractivity contribution in [1.82, 2.24) is 20.9 Å². The molecule has 7 heteroatoms. The first-order valence-corrected chi connectivity index (χ1v) is 9.05. The lowest BCUT2D eigenvalue weighted by atomic mass is 10.00. The fourth-order valence-electron chi connectivity index (χ4n) is 3.09. The smallest absolute Gasteiger partial charge is 0.315 e. The van der Waals surface area contributed by atoms with Gasteiger partial charge in [-0.05, 0) is 31.4 Å². The summed E-state index contributed by atoms with van der Waals surface area (Å²) in [5.41, 5.74) is 1.03. The van der Waals surface area contributed by atoms with Crippen molar-refractivity contribution in [2.45, 2.75) is 45.3 Å². The van der Waals surface area contributed by atoms with Gasteiger partial charge in [-0.15, -0.1) is 12.4 Å². The summed E-state index contributed by atoms with van der Waals surface area (Å²) in [4.78, 5) is 27.0. The third kappa shape index (κ3) is 6.50. The first kappa shape index (κ1) is 22.3. The van der Waals surface area contributed by atoms with Gasteiger partial charge in [-0.3, -0.25) is 4.79 Å². The Labute approximate surface area is 162 Å². The Kier molecular flexibility index (Phi) is 9.44. The molecule has 3 amide bonds. The highest BCUT2D eigenvalue weighted by molar-refractivity contribution is 5.87. The maximum atomic E-state index is 12.9. The van der Waals surface area contributed by atoms with Gasteiger partial charge in [-0.2, -0.15) is 0 Å². The number of likely N-dealkylation sites (N-methyl/N-ethyl adjacent to an activating group) is 1. The van der Waals surface area contributed by atoms with Crippen molar-refractivity contribution < 1.29 is 9.59 Å². The van der Waals surface area contributed by atoms with Crippen LogP contribution in [0.25, 0.3) is 0 Å². The summed E-state index contributed by atoms with van der Waals surface area (Å²) >= 11 is 0. The standard InChI is InChI=1S/C19H30N4O2.ClH/c1-14(2)17(18(24)23-11-7-10-16(13-23)20-3)22-19(25)21-12-15-8-5-4-6-9-15;/h4-6,8-9,14,16-17,20H,7,10-13H2,1-3H3,(H2,21,22,25);1H. The molecule has 0 radical (unpaired) electrons. The van der Waals surface area contributed by atoms with Crippen molar-refractivity contribution >= 4 is 24.3 Å². The average Bonchev–Trinajstić information content (AvgIpc) is 2.64. The Morgan fingerprint density at radius 1 is 1.23 bits per heavy atom. The van der Waals surface area contributed by atoms with Crippen molar-refractivity contribution in [2.24, 2.45) is 5.92 Å². The van der Waals surface area contributed by atoms with Crippen LogP contribution in [0.15, 0.2) is 30.3 Å². The quantitative estimate of drug-likeness (QED) is 0.705. The van der Waals surface area contributed by atoms with Crippen molar-refractivity contribution in [3.8, 4) is 0 Å². The highest BCUT2D eigenvalue weighted by atomic mass is 35.5. The van der Waals surface area contributed by atoms with Crippen LogP contribution in [0.5, 0.6) is 0 Å². The fraction of sp³-hybridized carbons (Fsp3) is 0.579. The second-order valence-electron chi connectivity index (χ2n) is 6.95. The maximum Gasteiger partial charge on any atom is 0.315 e. The fourth-order valence-corrected chi connectivity index (χ4v) is 3.09. The van der Waals surface area contributed by atoms with Crippen LogP contribution in [-0.4, -0.2) is 49.1 Å². The molecule has 0 aromatic heterocycles. The van der Waals surface area contributed by atoms with Crippen LogP contribution < -0.4 is 16.0 Å². The van der Waals surface area contributed by atoms with Crippen LogP contribution in [-0.2, 0) is 11.3 Å². The van der Waals surface area contributed by atoms with Crippen LogP contribution >= 0.6 is 12.4 Å². The summed E-state index contributed by atoms with van der Waals surface area (Å²) in [6.45, 7) is 5.82. The number of nitrogens with one attached hydrogen (secondary N) is 3. The van der Waals surface area contributed by atoms with E-state index in [1.165, 1.54) is 0 Å². The molecule has 0 saturated carbocycles. The van der Waals surface area contributed by atoms with E-state index < -0.39 is 6.04 Å². The number of likely N-dealkylation sites (tertiary alicyclic amines) is 1. The molecule has 1 heterocycles. The van der Waals surface area contributed by atoms with E-state index in [2.05, 4.69) is 16.0 Å². The second-order valence-corrected chi connectivity index (χ2v) is 6.95. The number of nitrogens with zero attached hydrogens (tertiary/aromatic N) is 1. The Balaban J connectivity index is 0.00000338. The largest absolute Gasteiger partial charge is 0.339 e. The van der Waals surface area contributed by atoms with Crippen LogP contribution in [0.3, 0.4) is 0 Å². The minimum atomic E-state index is -0.508. The predicted molar refractivity (Wildman–Crippen MR) is 106 cm³/mol. The molecule has 2 rings (SSSR count). The predicted octanol–water partition coefficient (Wildman–Crippen LogP) is 2.14. The van der Waals surface area contributed by atoms with Gasteiger partial charge in [0, 0.05) is 25.7 Å². The van der Waals surface area contributed by atoms with Crippen molar-refractivity contribution in [3.05, 3.63) is 35.9 Å². The van der Waals surface area contributed by atoms with E-state index in [1.807, 2.05) is 56.1 Å². The van der Waals surface area contributed by atoms with Gasteiger partial charge in [0.2, 0.25) is 5.91 Å². The Hall–Kier alpha value is -1.79. The Morgan fingerprint density at radius 2 is 1.92 bits per heavy atom. The molecule has 1 saturated heterocycles. The lowest BCUT2D eigenvalue weighted by Crippen LogP contribution is -2.56. The van der Waals surface area contributed by atoms with Gasteiger partial charge in [0.25, 0.3) is 0 Å². The topological polar surface area (TPSA) is 73.5 Å². The third-order valence-electron chi connectivity index (χ3n) is 4.66. The van der Waals surface area contributed by atoms with Crippen molar-refractivity contribution in [2.75, 3.05) is 20.1 Å². The summed E-state index contributed by atoms with van der Waals surface area (Å²) in [7, 11) is 1.92. The third-order valence-corrected chi connectivity index (χ3v) is 4.66. The molecule has 0 bridgehead atoms. The minimum absolute atomic E-state index is 0. The first-order chi connectivity index (χ1) is 12.0. The molecule has 1 aliphatic rings. The van der Waals surface area contributed by atoms with Crippen LogP contribution in [0, 0.1) is 5.92 Å². The lowest BCUT2D eigenvalue weighted by molar-refractivity contribution is -0.135. The molecule has 1 fully saturated rings. The van der Waals surface area contributed by atoms with E-state index in [0.717, 1.165) is 24.9 Å². The maximum absolute atomic E-state index is 12.9. The second kappa shape index (κ2) is 11.0. The van der Waals surface area contributed by atoms with E-state index in [4.69, 9.17) is 0 Å². The molecule has 146 valence electrons. The molecular weight excluding hydrogens is 352 g/mol. The molecule has 6 nitrogen and oxygen atoms in total. The highest BCUT2D eigenvalue weighted by Gasteiger charge is 2.31. The number of carbonyl (C=O) groups is 2. The van der Waals surface area contributed by atoms with E-state index in [9.17, 15) is 9.59 Å². The summed E-state index contributed by atoms with van der Waals surface area (Å²) in [5.74, 6) is 0.0368. The van der Waals surface area contributed by atoms with Crippen LogP contribution in [0.2, 0.25) is 0 Å². The lowest BCUT2D eigenvalue weighted by Gasteiger charge is -2.36. The van der Waals surface area contributed by atoms with Gasteiger partial charge >= 0.3 is 6.03 Å². The number of halogens is 1. The Bertz CT molecular complexity index is 568. The highest BCUT2D eigenvalue weighted by Crippen LogP contribution is 2.14.